The summed E-state index contributed by atoms with van der Waals surface area (Å²) < 4.78 is 1.66. The fourth-order valence-corrected chi connectivity index (χ4v) is 2.25. The lowest BCUT2D eigenvalue weighted by atomic mass is 10.4. The molecule has 106 valence electrons. The monoisotopic (exact) mass is 295 g/mol. The van der Waals surface area contributed by atoms with Crippen molar-refractivity contribution in [3.8, 4) is 0 Å². The Morgan fingerprint density at radius 3 is 2.90 bits per heavy atom. The van der Waals surface area contributed by atoms with Gasteiger partial charge in [0.2, 0.25) is 5.82 Å². The van der Waals surface area contributed by atoms with Gasteiger partial charge in [0.05, 0.1) is 4.92 Å². The van der Waals surface area contributed by atoms with Gasteiger partial charge in [-0.3, -0.25) is 10.1 Å². The Balaban J connectivity index is 2.36. The molecule has 0 atom stereocenters. The van der Waals surface area contributed by atoms with Gasteiger partial charge in [0.25, 0.3) is 0 Å². The number of nitro groups is 1. The van der Waals surface area contributed by atoms with Crippen LogP contribution in [0, 0.1) is 10.1 Å². The molecule has 2 aromatic rings. The molecule has 0 aromatic carbocycles. The Bertz CT molecular complexity index is 615. The van der Waals surface area contributed by atoms with Gasteiger partial charge in [-0.25, -0.2) is 9.97 Å². The molecule has 0 unspecified atom stereocenters. The van der Waals surface area contributed by atoms with Gasteiger partial charge >= 0.3 is 5.69 Å². The van der Waals surface area contributed by atoms with Gasteiger partial charge in [-0.05, 0) is 18.2 Å². The minimum Gasteiger partial charge on any atom is -0.364 e. The molecule has 0 aliphatic rings. The van der Waals surface area contributed by atoms with Crippen LogP contribution in [0.2, 0.25) is 0 Å². The van der Waals surface area contributed by atoms with Crippen LogP contribution in [0.25, 0.3) is 0 Å². The van der Waals surface area contributed by atoms with Crippen molar-refractivity contribution >= 4 is 23.3 Å². The first-order valence-electron chi connectivity index (χ1n) is 5.88. The second-order valence-electron chi connectivity index (χ2n) is 3.89. The summed E-state index contributed by atoms with van der Waals surface area (Å²) in [5.41, 5.74) is -0.144. The second kappa shape index (κ2) is 6.28. The van der Waals surface area contributed by atoms with Crippen LogP contribution in [0.5, 0.6) is 0 Å². The lowest BCUT2D eigenvalue weighted by molar-refractivity contribution is -0.387. The fourth-order valence-electron chi connectivity index (χ4n) is 1.43. The molecule has 0 radical (unpaired) electrons. The van der Waals surface area contributed by atoms with Crippen LogP contribution in [0.1, 0.15) is 13.3 Å². The second-order valence-corrected chi connectivity index (χ2v) is 4.84. The highest BCUT2D eigenvalue weighted by molar-refractivity contribution is 7.99. The summed E-state index contributed by atoms with van der Waals surface area (Å²) in [4.78, 5) is 18.7. The topological polar surface area (TPSA) is 112 Å². The van der Waals surface area contributed by atoms with Gasteiger partial charge in [-0.2, -0.15) is 0 Å². The number of hydrogen-bond donors (Lipinski definition) is 1. The SMILES string of the molecule is CCCNc1ncnc(Sc2nncn2C)c1[N+](=O)[O-]. The van der Waals surface area contributed by atoms with E-state index in [2.05, 4.69) is 25.5 Å². The zero-order chi connectivity index (χ0) is 14.5. The smallest absolute Gasteiger partial charge is 0.343 e. The molecule has 0 spiro atoms. The lowest BCUT2D eigenvalue weighted by Crippen LogP contribution is -2.07. The number of rotatable bonds is 6. The summed E-state index contributed by atoms with van der Waals surface area (Å²) >= 11 is 1.08. The van der Waals surface area contributed by atoms with E-state index in [0.717, 1.165) is 18.2 Å². The van der Waals surface area contributed by atoms with E-state index in [-0.39, 0.29) is 16.5 Å². The third kappa shape index (κ3) is 3.02. The Morgan fingerprint density at radius 1 is 1.50 bits per heavy atom. The summed E-state index contributed by atoms with van der Waals surface area (Å²) in [5.74, 6) is 0.219. The molecule has 2 aromatic heterocycles. The van der Waals surface area contributed by atoms with Crippen molar-refractivity contribution in [3.63, 3.8) is 0 Å². The molecule has 0 fully saturated rings. The van der Waals surface area contributed by atoms with Crippen LogP contribution in [0.15, 0.2) is 22.8 Å². The molecule has 0 aliphatic carbocycles. The van der Waals surface area contributed by atoms with E-state index >= 15 is 0 Å². The predicted molar refractivity (Wildman–Crippen MR) is 72.6 cm³/mol. The molecule has 0 saturated heterocycles. The molecule has 0 amide bonds. The Morgan fingerprint density at radius 2 is 2.30 bits per heavy atom. The van der Waals surface area contributed by atoms with Gasteiger partial charge in [0.15, 0.2) is 10.2 Å². The standard InChI is InChI=1S/C10H13N7O2S/c1-3-4-11-8-7(17(18)19)9(13-5-12-8)20-10-15-14-6-16(10)2/h5-6H,3-4H2,1-2H3,(H,11,12,13). The predicted octanol–water partition coefficient (Wildman–Crippen LogP) is 1.49. The molecule has 20 heavy (non-hydrogen) atoms. The van der Waals surface area contributed by atoms with Gasteiger partial charge < -0.3 is 9.88 Å². The van der Waals surface area contributed by atoms with Gasteiger partial charge in [0, 0.05) is 13.6 Å². The zero-order valence-corrected chi connectivity index (χ0v) is 11.8. The van der Waals surface area contributed by atoms with Crippen molar-refractivity contribution in [1.82, 2.24) is 24.7 Å². The van der Waals surface area contributed by atoms with E-state index in [9.17, 15) is 10.1 Å². The van der Waals surface area contributed by atoms with Crippen LogP contribution in [0.4, 0.5) is 11.5 Å². The third-order valence-electron chi connectivity index (χ3n) is 2.37. The molecular formula is C10H13N7O2S. The largest absolute Gasteiger partial charge is 0.364 e. The van der Waals surface area contributed by atoms with Gasteiger partial charge in [0.1, 0.15) is 12.7 Å². The van der Waals surface area contributed by atoms with E-state index in [0.29, 0.717) is 11.7 Å². The minimum absolute atomic E-state index is 0.144. The fraction of sp³-hybridized carbons (Fsp3) is 0.400. The Labute approximate surface area is 119 Å². The maximum Gasteiger partial charge on any atom is 0.343 e. The first kappa shape index (κ1) is 14.2. The van der Waals surface area contributed by atoms with Crippen LogP contribution in [-0.2, 0) is 7.05 Å². The molecule has 0 bridgehead atoms. The Kier molecular flexibility index (Phi) is 4.45. The van der Waals surface area contributed by atoms with E-state index in [1.165, 1.54) is 12.7 Å². The molecule has 2 rings (SSSR count). The van der Waals surface area contributed by atoms with Crippen LogP contribution >= 0.6 is 11.8 Å². The minimum atomic E-state index is -0.489. The summed E-state index contributed by atoms with van der Waals surface area (Å²) in [6.45, 7) is 2.57. The first-order valence-corrected chi connectivity index (χ1v) is 6.70. The normalized spacial score (nSPS) is 10.5. The number of hydrogen-bond acceptors (Lipinski definition) is 8. The van der Waals surface area contributed by atoms with Crippen LogP contribution < -0.4 is 5.32 Å². The number of nitrogens with zero attached hydrogens (tertiary/aromatic N) is 6. The van der Waals surface area contributed by atoms with Crippen molar-refractivity contribution < 1.29 is 4.92 Å². The van der Waals surface area contributed by atoms with Crippen molar-refractivity contribution in [3.05, 3.63) is 22.8 Å². The summed E-state index contributed by atoms with van der Waals surface area (Å²) in [6.07, 6.45) is 3.65. The van der Waals surface area contributed by atoms with Crippen molar-refractivity contribution in [2.45, 2.75) is 23.5 Å². The average molecular weight is 295 g/mol. The highest BCUT2D eigenvalue weighted by atomic mass is 32.2. The molecule has 9 nitrogen and oxygen atoms in total. The average Bonchev–Trinajstić information content (AvgIpc) is 2.81. The van der Waals surface area contributed by atoms with E-state index in [1.54, 1.807) is 11.6 Å². The van der Waals surface area contributed by atoms with Crippen molar-refractivity contribution in [2.24, 2.45) is 7.05 Å². The lowest BCUT2D eigenvalue weighted by Gasteiger charge is -2.06. The highest BCUT2D eigenvalue weighted by Gasteiger charge is 2.24. The summed E-state index contributed by atoms with van der Waals surface area (Å²) in [6, 6.07) is 0. The van der Waals surface area contributed by atoms with Crippen molar-refractivity contribution in [1.29, 1.82) is 0 Å². The first-order chi connectivity index (χ1) is 9.63. The maximum atomic E-state index is 11.2. The highest BCUT2D eigenvalue weighted by Crippen LogP contribution is 2.35. The van der Waals surface area contributed by atoms with E-state index in [1.807, 2.05) is 6.92 Å². The number of aromatic nitrogens is 5. The maximum absolute atomic E-state index is 11.2. The van der Waals surface area contributed by atoms with E-state index in [4.69, 9.17) is 0 Å². The molecule has 2 heterocycles. The molecule has 0 aliphatic heterocycles. The Hall–Kier alpha value is -2.23. The summed E-state index contributed by atoms with van der Waals surface area (Å²) in [5, 5.41) is 22.5. The number of aryl methyl sites for hydroxylation is 1. The van der Waals surface area contributed by atoms with Crippen molar-refractivity contribution in [2.75, 3.05) is 11.9 Å². The van der Waals surface area contributed by atoms with Gasteiger partial charge in [-0.15, -0.1) is 10.2 Å². The molecule has 10 heteroatoms. The number of anilines is 1. The summed E-state index contributed by atoms with van der Waals surface area (Å²) in [7, 11) is 1.76. The van der Waals surface area contributed by atoms with E-state index < -0.39 is 4.92 Å². The van der Waals surface area contributed by atoms with Crippen LogP contribution in [0.3, 0.4) is 0 Å². The molecule has 0 saturated carbocycles. The third-order valence-corrected chi connectivity index (χ3v) is 3.42. The zero-order valence-electron chi connectivity index (χ0n) is 11.0. The van der Waals surface area contributed by atoms with Gasteiger partial charge in [-0.1, -0.05) is 6.92 Å². The quantitative estimate of drug-likeness (QED) is 0.484. The van der Waals surface area contributed by atoms with Crippen LogP contribution in [-0.4, -0.2) is 36.2 Å². The molecule has 1 N–H and O–H groups in total. The number of nitrogens with one attached hydrogen (secondary N) is 1. The molecular weight excluding hydrogens is 282 g/mol.